The zero-order valence-electron chi connectivity index (χ0n) is 17.4. The molecule has 0 saturated carbocycles. The SMILES string of the molecule is Cc1ccc(Cl)cc1NC(=O)CCCNc1ncnc2sc(C)c(-c3ccccc3)c12. The Kier molecular flexibility index (Phi) is 6.49. The molecule has 158 valence electrons. The molecule has 0 radical (unpaired) electrons. The van der Waals surface area contributed by atoms with E-state index < -0.39 is 0 Å². The minimum absolute atomic E-state index is 0.0312. The van der Waals surface area contributed by atoms with Crippen LogP contribution in [0.25, 0.3) is 21.3 Å². The van der Waals surface area contributed by atoms with Crippen LogP contribution in [0, 0.1) is 13.8 Å². The predicted molar refractivity (Wildman–Crippen MR) is 130 cm³/mol. The Morgan fingerprint density at radius 3 is 2.71 bits per heavy atom. The van der Waals surface area contributed by atoms with Gasteiger partial charge in [0.25, 0.3) is 0 Å². The third-order valence-electron chi connectivity index (χ3n) is 5.07. The first-order chi connectivity index (χ1) is 15.0. The number of hydrogen-bond acceptors (Lipinski definition) is 5. The van der Waals surface area contributed by atoms with Crippen molar-refractivity contribution in [1.82, 2.24) is 9.97 Å². The second-order valence-corrected chi connectivity index (χ2v) is 8.98. The van der Waals surface area contributed by atoms with Crippen LogP contribution in [0.3, 0.4) is 0 Å². The first-order valence-electron chi connectivity index (χ1n) is 10.1. The number of carbonyl (C=O) groups excluding carboxylic acids is 1. The molecule has 2 heterocycles. The fraction of sp³-hybridized carbons (Fsp3) is 0.208. The van der Waals surface area contributed by atoms with Crippen LogP contribution in [-0.4, -0.2) is 22.4 Å². The zero-order chi connectivity index (χ0) is 21.8. The van der Waals surface area contributed by atoms with E-state index in [0.717, 1.165) is 38.4 Å². The number of anilines is 2. The van der Waals surface area contributed by atoms with Crippen molar-refractivity contribution in [3.8, 4) is 11.1 Å². The second kappa shape index (κ2) is 9.45. The van der Waals surface area contributed by atoms with Gasteiger partial charge in [-0.3, -0.25) is 4.79 Å². The number of nitrogens with zero attached hydrogens (tertiary/aromatic N) is 2. The molecular formula is C24H23ClN4OS. The molecule has 7 heteroatoms. The van der Waals surface area contributed by atoms with Crippen molar-refractivity contribution in [2.75, 3.05) is 17.2 Å². The van der Waals surface area contributed by atoms with Gasteiger partial charge < -0.3 is 10.6 Å². The van der Waals surface area contributed by atoms with E-state index in [9.17, 15) is 4.79 Å². The number of nitrogens with one attached hydrogen (secondary N) is 2. The van der Waals surface area contributed by atoms with Crippen LogP contribution in [0.1, 0.15) is 23.3 Å². The summed E-state index contributed by atoms with van der Waals surface area (Å²) in [6, 6.07) is 15.8. The van der Waals surface area contributed by atoms with Gasteiger partial charge >= 0.3 is 0 Å². The summed E-state index contributed by atoms with van der Waals surface area (Å²) in [5.74, 6) is 0.774. The van der Waals surface area contributed by atoms with Gasteiger partial charge in [0.1, 0.15) is 17.0 Å². The molecule has 0 fully saturated rings. The minimum Gasteiger partial charge on any atom is -0.369 e. The Morgan fingerprint density at radius 1 is 1.10 bits per heavy atom. The van der Waals surface area contributed by atoms with Crippen molar-refractivity contribution in [2.24, 2.45) is 0 Å². The fourth-order valence-corrected chi connectivity index (χ4v) is 4.71. The Bertz CT molecular complexity index is 1220. The number of aryl methyl sites for hydroxylation is 2. The number of amides is 1. The van der Waals surface area contributed by atoms with Crippen LogP contribution in [-0.2, 0) is 4.79 Å². The van der Waals surface area contributed by atoms with Crippen molar-refractivity contribution >= 4 is 50.6 Å². The molecule has 0 aliphatic rings. The highest BCUT2D eigenvalue weighted by molar-refractivity contribution is 7.19. The standard InChI is InChI=1S/C24H23ClN4OS/c1-15-10-11-18(25)13-19(15)29-20(30)9-6-12-26-23-22-21(17-7-4-3-5-8-17)16(2)31-24(22)28-14-27-23/h3-5,7-8,10-11,13-14H,6,9,12H2,1-2H3,(H,29,30)(H,26,27,28). The monoisotopic (exact) mass is 450 g/mol. The van der Waals surface area contributed by atoms with Crippen molar-refractivity contribution < 1.29 is 4.79 Å². The van der Waals surface area contributed by atoms with Crippen LogP contribution < -0.4 is 10.6 Å². The van der Waals surface area contributed by atoms with E-state index in [-0.39, 0.29) is 5.91 Å². The molecule has 1 amide bonds. The van der Waals surface area contributed by atoms with Crippen LogP contribution >= 0.6 is 22.9 Å². The van der Waals surface area contributed by atoms with E-state index in [1.165, 1.54) is 4.88 Å². The van der Waals surface area contributed by atoms with Crippen LogP contribution in [0.2, 0.25) is 5.02 Å². The average molecular weight is 451 g/mol. The molecule has 2 aromatic carbocycles. The largest absolute Gasteiger partial charge is 0.369 e. The van der Waals surface area contributed by atoms with Crippen molar-refractivity contribution in [3.63, 3.8) is 0 Å². The summed E-state index contributed by atoms with van der Waals surface area (Å²) in [6.07, 6.45) is 2.67. The highest BCUT2D eigenvalue weighted by Crippen LogP contribution is 2.40. The zero-order valence-corrected chi connectivity index (χ0v) is 19.0. The lowest BCUT2D eigenvalue weighted by molar-refractivity contribution is -0.116. The van der Waals surface area contributed by atoms with Gasteiger partial charge in [0, 0.05) is 34.1 Å². The molecule has 0 aliphatic heterocycles. The smallest absolute Gasteiger partial charge is 0.224 e. The molecule has 0 bridgehead atoms. The van der Waals surface area contributed by atoms with Gasteiger partial charge in [0.15, 0.2) is 0 Å². The Morgan fingerprint density at radius 2 is 1.90 bits per heavy atom. The topological polar surface area (TPSA) is 66.9 Å². The fourth-order valence-electron chi connectivity index (χ4n) is 3.53. The van der Waals surface area contributed by atoms with Crippen molar-refractivity contribution in [3.05, 3.63) is 70.3 Å². The van der Waals surface area contributed by atoms with Crippen LogP contribution in [0.5, 0.6) is 0 Å². The van der Waals surface area contributed by atoms with Gasteiger partial charge in [-0.25, -0.2) is 9.97 Å². The van der Waals surface area contributed by atoms with Gasteiger partial charge in [-0.1, -0.05) is 48.0 Å². The molecule has 4 rings (SSSR count). The highest BCUT2D eigenvalue weighted by atomic mass is 35.5. The Labute approximate surface area is 190 Å². The van der Waals surface area contributed by atoms with E-state index in [2.05, 4.69) is 39.7 Å². The molecule has 0 saturated heterocycles. The normalized spacial score (nSPS) is 10.9. The maximum absolute atomic E-state index is 12.3. The molecule has 0 aliphatic carbocycles. The third-order valence-corrected chi connectivity index (χ3v) is 6.32. The first kappa shape index (κ1) is 21.3. The van der Waals surface area contributed by atoms with E-state index in [0.29, 0.717) is 24.4 Å². The number of thiophene rings is 1. The Balaban J connectivity index is 1.43. The van der Waals surface area contributed by atoms with E-state index >= 15 is 0 Å². The summed E-state index contributed by atoms with van der Waals surface area (Å²) in [6.45, 7) is 4.69. The number of benzene rings is 2. The van der Waals surface area contributed by atoms with E-state index in [1.54, 1.807) is 23.7 Å². The second-order valence-electron chi connectivity index (χ2n) is 7.34. The van der Waals surface area contributed by atoms with Crippen molar-refractivity contribution in [1.29, 1.82) is 0 Å². The third kappa shape index (κ3) is 4.86. The summed E-state index contributed by atoms with van der Waals surface area (Å²) >= 11 is 7.70. The molecular weight excluding hydrogens is 428 g/mol. The van der Waals surface area contributed by atoms with Gasteiger partial charge in [0.05, 0.1) is 5.39 Å². The molecule has 0 atom stereocenters. The summed E-state index contributed by atoms with van der Waals surface area (Å²) in [5, 5.41) is 7.99. The number of halogens is 1. The Hall–Kier alpha value is -2.96. The van der Waals surface area contributed by atoms with E-state index in [1.807, 2.05) is 37.3 Å². The lowest BCUT2D eigenvalue weighted by atomic mass is 10.0. The molecule has 2 N–H and O–H groups in total. The maximum atomic E-state index is 12.3. The number of hydrogen-bond donors (Lipinski definition) is 2. The van der Waals surface area contributed by atoms with Gasteiger partial charge in [-0.05, 0) is 43.5 Å². The van der Waals surface area contributed by atoms with Crippen molar-refractivity contribution in [2.45, 2.75) is 26.7 Å². The molecule has 0 unspecified atom stereocenters. The molecule has 5 nitrogen and oxygen atoms in total. The quantitative estimate of drug-likeness (QED) is 0.317. The van der Waals surface area contributed by atoms with Gasteiger partial charge in [-0.15, -0.1) is 11.3 Å². The summed E-state index contributed by atoms with van der Waals surface area (Å²) in [7, 11) is 0. The maximum Gasteiger partial charge on any atom is 0.224 e. The predicted octanol–water partition coefficient (Wildman–Crippen LogP) is 6.46. The van der Waals surface area contributed by atoms with E-state index in [4.69, 9.17) is 11.6 Å². The lowest BCUT2D eigenvalue weighted by Crippen LogP contribution is -2.14. The summed E-state index contributed by atoms with van der Waals surface area (Å²) in [4.78, 5) is 23.4. The lowest BCUT2D eigenvalue weighted by Gasteiger charge is -2.10. The van der Waals surface area contributed by atoms with Gasteiger partial charge in [0.2, 0.25) is 5.91 Å². The van der Waals surface area contributed by atoms with Crippen LogP contribution in [0.15, 0.2) is 54.9 Å². The molecule has 31 heavy (non-hydrogen) atoms. The van der Waals surface area contributed by atoms with Crippen LogP contribution in [0.4, 0.5) is 11.5 Å². The summed E-state index contributed by atoms with van der Waals surface area (Å²) < 4.78 is 0. The first-order valence-corrected chi connectivity index (χ1v) is 11.3. The average Bonchev–Trinajstić information content (AvgIpc) is 3.11. The number of aromatic nitrogens is 2. The number of fused-ring (bicyclic) bond motifs is 1. The summed E-state index contributed by atoms with van der Waals surface area (Å²) in [5.41, 5.74) is 4.06. The molecule has 4 aromatic rings. The number of carbonyl (C=O) groups is 1. The minimum atomic E-state index is -0.0312. The number of rotatable bonds is 7. The highest BCUT2D eigenvalue weighted by Gasteiger charge is 2.16. The van der Waals surface area contributed by atoms with Gasteiger partial charge in [-0.2, -0.15) is 0 Å². The molecule has 0 spiro atoms. The molecule has 2 aromatic heterocycles.